The molecule has 3 rings (SSSR count). The van der Waals surface area contributed by atoms with Gasteiger partial charge in [0.05, 0.1) is 24.1 Å². The Bertz CT molecular complexity index is 1250. The molecule has 36 heavy (non-hydrogen) atoms. The molecule has 1 fully saturated rings. The molecule has 0 unspecified atom stereocenters. The van der Waals surface area contributed by atoms with E-state index in [2.05, 4.69) is 0 Å². The smallest absolute Gasteiger partial charge is 0.416 e. The third-order valence-corrected chi connectivity index (χ3v) is 8.68. The van der Waals surface area contributed by atoms with Crippen LogP contribution in [0.15, 0.2) is 29.2 Å². The molecule has 0 aliphatic heterocycles. The Labute approximate surface area is 209 Å². The maximum Gasteiger partial charge on any atom is 0.416 e. The van der Waals surface area contributed by atoms with Crippen molar-refractivity contribution < 1.29 is 35.9 Å². The Balaban J connectivity index is 2.07. The number of hydrogen-bond acceptors (Lipinski definition) is 5. The average Bonchev–Trinajstić information content (AvgIpc) is 3.10. The summed E-state index contributed by atoms with van der Waals surface area (Å²) in [5.74, 6) is -1.14. The second kappa shape index (κ2) is 10.8. The summed E-state index contributed by atoms with van der Waals surface area (Å²) in [6.07, 6.45) is -1.27. The van der Waals surface area contributed by atoms with Gasteiger partial charge in [-0.3, -0.25) is 4.79 Å². The van der Waals surface area contributed by atoms with Gasteiger partial charge >= 0.3 is 12.1 Å². The van der Waals surface area contributed by atoms with E-state index in [0.717, 1.165) is 41.8 Å². The van der Waals surface area contributed by atoms with Crippen molar-refractivity contribution >= 4 is 21.8 Å². The molecule has 1 aromatic carbocycles. The van der Waals surface area contributed by atoms with E-state index in [1.165, 1.54) is 7.11 Å². The van der Waals surface area contributed by atoms with E-state index in [0.29, 0.717) is 36.7 Å². The fourth-order valence-electron chi connectivity index (χ4n) is 5.03. The number of sulfonamides is 1. The first-order valence-electron chi connectivity index (χ1n) is 11.8. The molecule has 0 saturated heterocycles. The number of carbonyl (C=O) groups is 2. The largest absolute Gasteiger partial charge is 0.464 e. The number of rotatable bonds is 8. The molecule has 0 N–H and O–H groups in total. The van der Waals surface area contributed by atoms with Crippen LogP contribution >= 0.6 is 0 Å². The molecule has 0 radical (unpaired) electrons. The van der Waals surface area contributed by atoms with Crippen LogP contribution in [0.2, 0.25) is 0 Å². The van der Waals surface area contributed by atoms with Crippen molar-refractivity contribution in [3.05, 3.63) is 52.3 Å². The Kier molecular flexibility index (Phi) is 8.34. The van der Waals surface area contributed by atoms with E-state index >= 15 is 0 Å². The maximum absolute atomic E-state index is 13.7. The molecule has 1 aromatic heterocycles. The second-order valence-electron chi connectivity index (χ2n) is 8.96. The highest BCUT2D eigenvalue weighted by molar-refractivity contribution is 7.89. The number of Topliss-reactive ketones (excluding diaryl/α,β-unsaturated/α-hetero) is 1. The zero-order chi connectivity index (χ0) is 26.8. The third-order valence-electron chi connectivity index (χ3n) is 6.79. The minimum atomic E-state index is -4.71. The zero-order valence-electron chi connectivity index (χ0n) is 20.8. The van der Waals surface area contributed by atoms with Crippen molar-refractivity contribution in [1.29, 1.82) is 0 Å². The van der Waals surface area contributed by atoms with Crippen LogP contribution < -0.4 is 0 Å². The van der Waals surface area contributed by atoms with Crippen LogP contribution in [0.4, 0.5) is 13.2 Å². The monoisotopic (exact) mass is 528 g/mol. The van der Waals surface area contributed by atoms with E-state index < -0.39 is 51.0 Å². The highest BCUT2D eigenvalue weighted by Crippen LogP contribution is 2.34. The number of ether oxygens (including phenoxy) is 1. The summed E-state index contributed by atoms with van der Waals surface area (Å²) in [6.45, 7) is 4.92. The van der Waals surface area contributed by atoms with Gasteiger partial charge in [0.1, 0.15) is 5.69 Å². The topological polar surface area (TPSA) is 85.7 Å². The predicted molar refractivity (Wildman–Crippen MR) is 127 cm³/mol. The normalized spacial score (nSPS) is 15.3. The SMILES string of the molecule is CCn1c(C)c(C(=O)CN(C2CCCCC2)S(=O)(=O)c2cccc(C(F)(F)F)c2)c(C)c1C(=O)OC. The Morgan fingerprint density at radius 2 is 1.78 bits per heavy atom. The van der Waals surface area contributed by atoms with E-state index in [-0.39, 0.29) is 11.3 Å². The lowest BCUT2D eigenvalue weighted by atomic mass is 9.95. The number of carbonyl (C=O) groups excluding carboxylic acids is 2. The first-order chi connectivity index (χ1) is 16.8. The van der Waals surface area contributed by atoms with Crippen molar-refractivity contribution in [1.82, 2.24) is 8.87 Å². The summed E-state index contributed by atoms with van der Waals surface area (Å²) >= 11 is 0. The number of benzene rings is 1. The van der Waals surface area contributed by atoms with Crippen molar-refractivity contribution in [3.63, 3.8) is 0 Å². The molecule has 0 amide bonds. The van der Waals surface area contributed by atoms with Gasteiger partial charge in [-0.25, -0.2) is 13.2 Å². The Hall–Kier alpha value is -2.66. The minimum absolute atomic E-state index is 0.214. The highest BCUT2D eigenvalue weighted by atomic mass is 32.2. The van der Waals surface area contributed by atoms with Crippen molar-refractivity contribution in [2.45, 2.75) is 76.5 Å². The number of ketones is 1. The van der Waals surface area contributed by atoms with Crippen LogP contribution in [0.1, 0.15) is 76.7 Å². The maximum atomic E-state index is 13.7. The Morgan fingerprint density at radius 3 is 2.33 bits per heavy atom. The predicted octanol–water partition coefficient (Wildman–Crippen LogP) is 5.14. The molecule has 11 heteroatoms. The number of alkyl halides is 3. The van der Waals surface area contributed by atoms with Crippen LogP contribution in [-0.2, 0) is 27.5 Å². The van der Waals surface area contributed by atoms with Gasteiger partial charge in [0.2, 0.25) is 10.0 Å². The van der Waals surface area contributed by atoms with E-state index in [9.17, 15) is 31.2 Å². The minimum Gasteiger partial charge on any atom is -0.464 e. The van der Waals surface area contributed by atoms with Gasteiger partial charge < -0.3 is 9.30 Å². The molecular formula is C25H31F3N2O5S. The fraction of sp³-hybridized carbons (Fsp3) is 0.520. The summed E-state index contributed by atoms with van der Waals surface area (Å²) in [5.41, 5.74) is 0.239. The first kappa shape index (κ1) is 27.9. The molecule has 0 bridgehead atoms. The second-order valence-corrected chi connectivity index (χ2v) is 10.9. The summed E-state index contributed by atoms with van der Waals surface area (Å²) in [5, 5.41) is 0. The lowest BCUT2D eigenvalue weighted by Gasteiger charge is -2.33. The molecular weight excluding hydrogens is 497 g/mol. The van der Waals surface area contributed by atoms with E-state index in [1.807, 2.05) is 0 Å². The van der Waals surface area contributed by atoms with Gasteiger partial charge in [0.25, 0.3) is 0 Å². The molecule has 0 spiro atoms. The molecule has 2 aromatic rings. The molecule has 1 aliphatic rings. The average molecular weight is 529 g/mol. The van der Waals surface area contributed by atoms with Crippen LogP contribution in [0, 0.1) is 13.8 Å². The number of methoxy groups -OCH3 is 1. The van der Waals surface area contributed by atoms with Crippen molar-refractivity contribution in [2.75, 3.05) is 13.7 Å². The summed E-state index contributed by atoms with van der Waals surface area (Å²) in [6, 6.07) is 3.06. The van der Waals surface area contributed by atoms with Gasteiger partial charge in [0.15, 0.2) is 5.78 Å². The first-order valence-corrected chi connectivity index (χ1v) is 13.3. The number of hydrogen-bond donors (Lipinski definition) is 0. The van der Waals surface area contributed by atoms with Gasteiger partial charge in [-0.1, -0.05) is 25.3 Å². The zero-order valence-corrected chi connectivity index (χ0v) is 21.6. The lowest BCUT2D eigenvalue weighted by molar-refractivity contribution is -0.137. The van der Waals surface area contributed by atoms with Gasteiger partial charge in [-0.2, -0.15) is 17.5 Å². The van der Waals surface area contributed by atoms with Gasteiger partial charge in [-0.15, -0.1) is 0 Å². The van der Waals surface area contributed by atoms with Crippen LogP contribution in [0.5, 0.6) is 0 Å². The lowest BCUT2D eigenvalue weighted by Crippen LogP contribution is -2.44. The molecule has 198 valence electrons. The highest BCUT2D eigenvalue weighted by Gasteiger charge is 2.38. The van der Waals surface area contributed by atoms with Crippen LogP contribution in [0.3, 0.4) is 0 Å². The Morgan fingerprint density at radius 1 is 1.14 bits per heavy atom. The number of esters is 1. The summed E-state index contributed by atoms with van der Waals surface area (Å²) in [4.78, 5) is 25.5. The molecule has 1 aliphatic carbocycles. The van der Waals surface area contributed by atoms with Crippen molar-refractivity contribution in [3.8, 4) is 0 Å². The number of nitrogens with zero attached hydrogens (tertiary/aromatic N) is 2. The molecule has 1 heterocycles. The quantitative estimate of drug-likeness (QED) is 0.350. The third kappa shape index (κ3) is 5.36. The molecule has 7 nitrogen and oxygen atoms in total. The number of aromatic nitrogens is 1. The van der Waals surface area contributed by atoms with Crippen LogP contribution in [0.25, 0.3) is 0 Å². The van der Waals surface area contributed by atoms with Gasteiger partial charge in [0, 0.05) is 23.8 Å². The van der Waals surface area contributed by atoms with E-state index in [1.54, 1.807) is 25.3 Å². The number of halogens is 3. The standard InChI is InChI=1S/C25H31F3N2O5S/c1-5-29-17(3)22(16(2)23(29)24(32)35-4)21(31)15-30(19-11-7-6-8-12-19)36(33,34)20-13-9-10-18(14-20)25(26,27)28/h9-10,13-14,19H,5-8,11-12,15H2,1-4H3. The summed E-state index contributed by atoms with van der Waals surface area (Å²) < 4.78 is 74.8. The van der Waals surface area contributed by atoms with Crippen molar-refractivity contribution in [2.24, 2.45) is 0 Å². The summed E-state index contributed by atoms with van der Waals surface area (Å²) in [7, 11) is -3.19. The molecule has 1 saturated carbocycles. The van der Waals surface area contributed by atoms with E-state index in [4.69, 9.17) is 4.74 Å². The molecule has 0 atom stereocenters. The fourth-order valence-corrected chi connectivity index (χ4v) is 6.72. The van der Waals surface area contributed by atoms with Crippen LogP contribution in [-0.4, -0.2) is 48.7 Å². The van der Waals surface area contributed by atoms with Gasteiger partial charge in [-0.05, 0) is 57.4 Å².